The second kappa shape index (κ2) is 5.66. The molecule has 1 amide bonds. The van der Waals surface area contributed by atoms with E-state index < -0.39 is 5.41 Å². The predicted molar refractivity (Wildman–Crippen MR) is 77.6 cm³/mol. The van der Waals surface area contributed by atoms with E-state index in [4.69, 9.17) is 0 Å². The van der Waals surface area contributed by atoms with Crippen LogP contribution in [0.1, 0.15) is 70.6 Å². The largest absolute Gasteiger partial charge is 0.307 e. The lowest BCUT2D eigenvalue weighted by molar-refractivity contribution is -0.134. The second-order valence-corrected chi connectivity index (χ2v) is 6.55. The van der Waals surface area contributed by atoms with Gasteiger partial charge in [0.15, 0.2) is 5.84 Å². The third kappa shape index (κ3) is 2.40. The number of Topliss-reactive ketones (excluding diaryl/α,β-unsaturated/α-hetero) is 1. The summed E-state index contributed by atoms with van der Waals surface area (Å²) in [6.45, 7) is 0. The lowest BCUT2D eigenvalue weighted by Gasteiger charge is -2.17. The van der Waals surface area contributed by atoms with E-state index in [1.807, 2.05) is 0 Å². The molecule has 0 aromatic rings. The maximum Gasteiger partial charge on any atom is 0.239 e. The Balaban J connectivity index is 1.75. The molecule has 4 heteroatoms. The minimum absolute atomic E-state index is 0.0259. The van der Waals surface area contributed by atoms with Gasteiger partial charge in [0.25, 0.3) is 0 Å². The van der Waals surface area contributed by atoms with E-state index in [1.54, 1.807) is 0 Å². The first kappa shape index (κ1) is 13.8. The zero-order chi connectivity index (χ0) is 14.0. The lowest BCUT2D eigenvalue weighted by Crippen LogP contribution is -2.32. The Morgan fingerprint density at radius 3 is 2.15 bits per heavy atom. The van der Waals surface area contributed by atoms with Crippen LogP contribution >= 0.6 is 0 Å². The average Bonchev–Trinajstić information content (AvgIpc) is 2.97. The molecule has 3 aliphatic rings. The topological polar surface area (TPSA) is 58.5 Å². The second-order valence-electron chi connectivity index (χ2n) is 6.55. The lowest BCUT2D eigenvalue weighted by atomic mass is 9.83. The van der Waals surface area contributed by atoms with E-state index in [0.717, 1.165) is 25.7 Å². The summed E-state index contributed by atoms with van der Waals surface area (Å²) >= 11 is 0. The highest BCUT2D eigenvalue weighted by molar-refractivity contribution is 6.52. The fraction of sp³-hybridized carbons (Fsp3) is 0.812. The van der Waals surface area contributed by atoms with Crippen LogP contribution in [0, 0.1) is 5.41 Å². The number of carbonyl (C=O) groups is 2. The number of amides is 1. The molecule has 110 valence electrons. The van der Waals surface area contributed by atoms with Crippen molar-refractivity contribution in [1.29, 1.82) is 0 Å². The highest BCUT2D eigenvalue weighted by Crippen LogP contribution is 2.42. The summed E-state index contributed by atoms with van der Waals surface area (Å²) in [4.78, 5) is 29.3. The van der Waals surface area contributed by atoms with Crippen LogP contribution in [0.2, 0.25) is 0 Å². The summed E-state index contributed by atoms with van der Waals surface area (Å²) < 4.78 is 0. The molecule has 0 bridgehead atoms. The van der Waals surface area contributed by atoms with E-state index in [9.17, 15) is 9.59 Å². The Labute approximate surface area is 120 Å². The van der Waals surface area contributed by atoms with Crippen LogP contribution in [-0.2, 0) is 9.59 Å². The van der Waals surface area contributed by atoms with E-state index >= 15 is 0 Å². The normalized spacial score (nSPS) is 29.7. The molecule has 0 unspecified atom stereocenters. The summed E-state index contributed by atoms with van der Waals surface area (Å²) in [5.41, 5.74) is -0.750. The molecule has 1 aliphatic heterocycles. The maximum absolute atomic E-state index is 12.6. The first-order valence-corrected chi connectivity index (χ1v) is 8.16. The van der Waals surface area contributed by atoms with Crippen LogP contribution < -0.4 is 5.32 Å². The van der Waals surface area contributed by atoms with Crippen LogP contribution in [-0.4, -0.2) is 23.6 Å². The molecule has 0 aromatic heterocycles. The Kier molecular flexibility index (Phi) is 3.90. The number of nitrogens with zero attached hydrogens (tertiary/aromatic N) is 1. The van der Waals surface area contributed by atoms with Gasteiger partial charge >= 0.3 is 0 Å². The molecule has 1 heterocycles. The van der Waals surface area contributed by atoms with Crippen molar-refractivity contribution in [3.63, 3.8) is 0 Å². The zero-order valence-corrected chi connectivity index (χ0v) is 12.1. The molecular formula is C16H24N2O2. The molecular weight excluding hydrogens is 252 g/mol. The van der Waals surface area contributed by atoms with Gasteiger partial charge < -0.3 is 5.32 Å². The van der Waals surface area contributed by atoms with Gasteiger partial charge in [0, 0.05) is 0 Å². The van der Waals surface area contributed by atoms with Crippen LogP contribution in [0.15, 0.2) is 4.99 Å². The van der Waals surface area contributed by atoms with Gasteiger partial charge in [0.2, 0.25) is 11.7 Å². The summed E-state index contributed by atoms with van der Waals surface area (Å²) in [5, 5.41) is 2.78. The summed E-state index contributed by atoms with van der Waals surface area (Å²) in [6, 6.07) is 0.228. The predicted octanol–water partition coefficient (Wildman–Crippen LogP) is 2.76. The molecule has 20 heavy (non-hydrogen) atoms. The van der Waals surface area contributed by atoms with Gasteiger partial charge in [-0.2, -0.15) is 0 Å². The molecule has 1 spiro atoms. The van der Waals surface area contributed by atoms with Gasteiger partial charge in [-0.15, -0.1) is 0 Å². The van der Waals surface area contributed by atoms with Gasteiger partial charge in [-0.1, -0.05) is 44.9 Å². The van der Waals surface area contributed by atoms with Crippen LogP contribution in [0.25, 0.3) is 0 Å². The number of ketones is 1. The molecule has 0 radical (unpaired) electrons. The molecule has 1 saturated heterocycles. The maximum atomic E-state index is 12.6. The number of nitrogens with one attached hydrogen (secondary N) is 1. The van der Waals surface area contributed by atoms with Crippen molar-refractivity contribution in [2.45, 2.75) is 76.7 Å². The van der Waals surface area contributed by atoms with Crippen LogP contribution in [0.4, 0.5) is 0 Å². The highest BCUT2D eigenvalue weighted by Gasteiger charge is 2.54. The minimum Gasteiger partial charge on any atom is -0.307 e. The molecule has 3 rings (SSSR count). The molecule has 4 nitrogen and oxygen atoms in total. The monoisotopic (exact) mass is 276 g/mol. The fourth-order valence-corrected chi connectivity index (χ4v) is 3.88. The van der Waals surface area contributed by atoms with Crippen molar-refractivity contribution < 1.29 is 9.59 Å². The minimum atomic E-state index is -0.750. The molecule has 1 N–H and O–H groups in total. The van der Waals surface area contributed by atoms with E-state index in [2.05, 4.69) is 10.3 Å². The van der Waals surface area contributed by atoms with Gasteiger partial charge in [-0.3, -0.25) is 14.6 Å². The Morgan fingerprint density at radius 2 is 1.50 bits per heavy atom. The Bertz CT molecular complexity index is 428. The van der Waals surface area contributed by atoms with Gasteiger partial charge in [0.1, 0.15) is 5.41 Å². The first-order chi connectivity index (χ1) is 9.72. The van der Waals surface area contributed by atoms with Crippen LogP contribution in [0.3, 0.4) is 0 Å². The van der Waals surface area contributed by atoms with E-state index in [0.29, 0.717) is 18.7 Å². The van der Waals surface area contributed by atoms with E-state index in [-0.39, 0.29) is 17.7 Å². The Morgan fingerprint density at radius 1 is 0.900 bits per heavy atom. The number of hydrogen-bond donors (Lipinski definition) is 1. The van der Waals surface area contributed by atoms with Gasteiger partial charge in [-0.05, 0) is 25.7 Å². The number of carbonyl (C=O) groups excluding carboxylic acids is 2. The first-order valence-electron chi connectivity index (χ1n) is 8.16. The standard InChI is InChI=1S/C16H24N2O2/c19-13-14(17-12-8-4-2-1-3-5-9-12)18-15(20)16(13)10-6-7-11-16/h12H,1-11H2,(H,17,18,20). The van der Waals surface area contributed by atoms with Crippen molar-refractivity contribution >= 4 is 17.5 Å². The number of aliphatic imine (C=N–C) groups is 1. The number of hydrogen-bond acceptors (Lipinski definition) is 3. The van der Waals surface area contributed by atoms with Crippen molar-refractivity contribution in [3.05, 3.63) is 0 Å². The third-order valence-corrected chi connectivity index (χ3v) is 5.16. The molecule has 2 saturated carbocycles. The van der Waals surface area contributed by atoms with Gasteiger partial charge in [0.05, 0.1) is 6.04 Å². The highest BCUT2D eigenvalue weighted by atomic mass is 16.2. The summed E-state index contributed by atoms with van der Waals surface area (Å²) in [7, 11) is 0. The zero-order valence-electron chi connectivity index (χ0n) is 12.1. The third-order valence-electron chi connectivity index (χ3n) is 5.16. The quantitative estimate of drug-likeness (QED) is 0.749. The van der Waals surface area contributed by atoms with Crippen molar-refractivity contribution in [2.24, 2.45) is 10.4 Å². The molecule has 0 aromatic carbocycles. The fourth-order valence-electron chi connectivity index (χ4n) is 3.88. The smallest absolute Gasteiger partial charge is 0.239 e. The molecule has 0 atom stereocenters. The summed E-state index contributed by atoms with van der Waals surface area (Å²) in [5.74, 6) is 0.245. The molecule has 3 fully saturated rings. The van der Waals surface area contributed by atoms with Crippen LogP contribution in [0.5, 0.6) is 0 Å². The van der Waals surface area contributed by atoms with Crippen molar-refractivity contribution in [1.82, 2.24) is 5.32 Å². The van der Waals surface area contributed by atoms with E-state index in [1.165, 1.54) is 32.1 Å². The SMILES string of the molecule is O=C1NC(=NC2CCCCCCC2)C(=O)C12CCCC2. The van der Waals surface area contributed by atoms with Crippen molar-refractivity contribution in [2.75, 3.05) is 0 Å². The number of amidine groups is 1. The van der Waals surface area contributed by atoms with Gasteiger partial charge in [-0.25, -0.2) is 0 Å². The van der Waals surface area contributed by atoms with Crippen molar-refractivity contribution in [3.8, 4) is 0 Å². The average molecular weight is 276 g/mol. The summed E-state index contributed by atoms with van der Waals surface area (Å²) in [6.07, 6.45) is 11.7. The Hall–Kier alpha value is -1.19. The number of rotatable bonds is 1. The molecule has 2 aliphatic carbocycles.